The number of allylic oxidation sites excluding steroid dienone is 6. The maximum atomic E-state index is 13.6. The summed E-state index contributed by atoms with van der Waals surface area (Å²) in [5.41, 5.74) is 8.56. The van der Waals surface area contributed by atoms with E-state index in [2.05, 4.69) is 57.2 Å². The Morgan fingerprint density at radius 1 is 1.11 bits per heavy atom. The molecule has 2 unspecified atom stereocenters. The maximum absolute atomic E-state index is 13.6. The van der Waals surface area contributed by atoms with E-state index in [0.29, 0.717) is 17.6 Å². The van der Waals surface area contributed by atoms with Gasteiger partial charge in [0.25, 0.3) is 0 Å². The second kappa shape index (κ2) is 6.06. The molecule has 0 amide bonds. The van der Waals surface area contributed by atoms with E-state index in [-0.39, 0.29) is 11.3 Å². The Kier molecular flexibility index (Phi) is 3.86. The number of hydrogen-bond acceptors (Lipinski definition) is 1. The summed E-state index contributed by atoms with van der Waals surface area (Å²) < 4.78 is 0. The third kappa shape index (κ3) is 2.62. The molecule has 0 saturated carbocycles. The minimum Gasteiger partial charge on any atom is -0.294 e. The van der Waals surface area contributed by atoms with Crippen molar-refractivity contribution < 1.29 is 4.79 Å². The molecule has 0 bridgehead atoms. The van der Waals surface area contributed by atoms with Crippen LogP contribution in [0.2, 0.25) is 0 Å². The molecular formula is C26H30O. The third-order valence-electron chi connectivity index (χ3n) is 7.30. The molecule has 4 aliphatic rings. The van der Waals surface area contributed by atoms with Gasteiger partial charge in [0.2, 0.25) is 0 Å². The Bertz CT molecular complexity index is 903. The average molecular weight is 359 g/mol. The van der Waals surface area contributed by atoms with Crippen molar-refractivity contribution in [3.63, 3.8) is 0 Å². The summed E-state index contributed by atoms with van der Waals surface area (Å²) in [6, 6.07) is 6.67. The average Bonchev–Trinajstić information content (AvgIpc) is 3.23. The molecule has 1 aromatic carbocycles. The van der Waals surface area contributed by atoms with Crippen molar-refractivity contribution in [3.05, 3.63) is 64.3 Å². The van der Waals surface area contributed by atoms with Crippen LogP contribution in [0.4, 0.5) is 0 Å². The van der Waals surface area contributed by atoms with Gasteiger partial charge in [0.05, 0.1) is 0 Å². The number of fused-ring (bicyclic) bond motifs is 2. The van der Waals surface area contributed by atoms with Crippen molar-refractivity contribution in [2.45, 2.75) is 65.2 Å². The molecule has 5 rings (SSSR count). The van der Waals surface area contributed by atoms with Crippen molar-refractivity contribution in [1.29, 1.82) is 0 Å². The molecule has 140 valence electrons. The van der Waals surface area contributed by atoms with E-state index < -0.39 is 0 Å². The molecule has 0 spiro atoms. The Labute approximate surface area is 163 Å². The molecule has 0 heterocycles. The first-order chi connectivity index (χ1) is 12.9. The van der Waals surface area contributed by atoms with Crippen LogP contribution in [-0.2, 0) is 11.2 Å². The van der Waals surface area contributed by atoms with E-state index >= 15 is 0 Å². The second-order valence-electron chi connectivity index (χ2n) is 9.92. The lowest BCUT2D eigenvalue weighted by molar-refractivity contribution is -0.118. The van der Waals surface area contributed by atoms with Crippen molar-refractivity contribution in [3.8, 4) is 0 Å². The van der Waals surface area contributed by atoms with Crippen molar-refractivity contribution in [1.82, 2.24) is 0 Å². The maximum Gasteiger partial charge on any atom is 0.166 e. The van der Waals surface area contributed by atoms with Gasteiger partial charge in [0.1, 0.15) is 0 Å². The standard InChI is InChI=1S/C26H30O/c1-26(2,3)22-12-6-9-17(22)15-18-13-14-20-19-10-4-7-16-8-5-11-21(23(16)19)24(20)25(18)27/h5-6,8-9,11-12,17-19H,4,7,10,13-15H2,1-3H3/t17?,18-,19?/m1/s1. The monoisotopic (exact) mass is 358 g/mol. The molecule has 0 aliphatic heterocycles. The predicted octanol–water partition coefficient (Wildman–Crippen LogP) is 6.40. The van der Waals surface area contributed by atoms with Crippen LogP contribution in [0.25, 0.3) is 5.57 Å². The van der Waals surface area contributed by atoms with Gasteiger partial charge in [-0.2, -0.15) is 0 Å². The zero-order chi connectivity index (χ0) is 18.8. The van der Waals surface area contributed by atoms with Gasteiger partial charge in [-0.15, -0.1) is 0 Å². The quantitative estimate of drug-likeness (QED) is 0.597. The highest BCUT2D eigenvalue weighted by Gasteiger charge is 2.42. The van der Waals surface area contributed by atoms with Crippen LogP contribution in [0.5, 0.6) is 0 Å². The van der Waals surface area contributed by atoms with Gasteiger partial charge in [-0.3, -0.25) is 4.79 Å². The highest BCUT2D eigenvalue weighted by Crippen LogP contribution is 2.54. The first kappa shape index (κ1) is 17.2. The lowest BCUT2D eigenvalue weighted by Crippen LogP contribution is -2.25. The molecule has 3 atom stereocenters. The Balaban J connectivity index is 1.45. The number of carbonyl (C=O) groups excluding carboxylic acids is 1. The highest BCUT2D eigenvalue weighted by atomic mass is 16.1. The minimum absolute atomic E-state index is 0.176. The summed E-state index contributed by atoms with van der Waals surface area (Å²) in [5.74, 6) is 1.59. The molecular weight excluding hydrogens is 328 g/mol. The molecule has 0 saturated heterocycles. The van der Waals surface area contributed by atoms with Crippen molar-refractivity contribution >= 4 is 11.4 Å². The number of hydrogen-bond donors (Lipinski definition) is 0. The minimum atomic E-state index is 0.176. The number of Topliss-reactive ketones (excluding diaryl/α,β-unsaturated/α-hetero) is 1. The molecule has 27 heavy (non-hydrogen) atoms. The zero-order valence-electron chi connectivity index (χ0n) is 16.8. The van der Waals surface area contributed by atoms with E-state index in [0.717, 1.165) is 24.8 Å². The van der Waals surface area contributed by atoms with Gasteiger partial charge in [-0.05, 0) is 66.5 Å². The zero-order valence-corrected chi connectivity index (χ0v) is 16.8. The topological polar surface area (TPSA) is 17.1 Å². The first-order valence-corrected chi connectivity index (χ1v) is 10.7. The van der Waals surface area contributed by atoms with Crippen LogP contribution in [0.1, 0.15) is 75.5 Å². The normalized spacial score (nSPS) is 29.1. The van der Waals surface area contributed by atoms with E-state index in [9.17, 15) is 4.79 Å². The number of ketones is 1. The molecule has 0 N–H and O–H groups in total. The molecule has 4 aliphatic carbocycles. The number of rotatable bonds is 2. The Morgan fingerprint density at radius 2 is 1.96 bits per heavy atom. The van der Waals surface area contributed by atoms with Gasteiger partial charge in [0, 0.05) is 17.4 Å². The van der Waals surface area contributed by atoms with E-state index in [1.54, 1.807) is 0 Å². The highest BCUT2D eigenvalue weighted by molar-refractivity contribution is 6.25. The lowest BCUT2D eigenvalue weighted by atomic mass is 9.72. The second-order valence-corrected chi connectivity index (χ2v) is 9.92. The first-order valence-electron chi connectivity index (χ1n) is 10.7. The summed E-state index contributed by atoms with van der Waals surface area (Å²) in [4.78, 5) is 13.6. The van der Waals surface area contributed by atoms with Gasteiger partial charge >= 0.3 is 0 Å². The third-order valence-corrected chi connectivity index (χ3v) is 7.30. The van der Waals surface area contributed by atoms with Gasteiger partial charge in [0.15, 0.2) is 5.78 Å². The molecule has 0 radical (unpaired) electrons. The fraction of sp³-hybridized carbons (Fsp3) is 0.500. The smallest absolute Gasteiger partial charge is 0.166 e. The summed E-state index contributed by atoms with van der Waals surface area (Å²) in [6.07, 6.45) is 13.6. The predicted molar refractivity (Wildman–Crippen MR) is 112 cm³/mol. The van der Waals surface area contributed by atoms with Gasteiger partial charge in [-0.25, -0.2) is 0 Å². The molecule has 1 nitrogen and oxygen atoms in total. The van der Waals surface area contributed by atoms with Crippen LogP contribution in [0.15, 0.2) is 47.6 Å². The summed E-state index contributed by atoms with van der Waals surface area (Å²) in [6.45, 7) is 6.87. The Morgan fingerprint density at radius 3 is 2.78 bits per heavy atom. The largest absolute Gasteiger partial charge is 0.294 e. The Hall–Kier alpha value is -1.89. The lowest BCUT2D eigenvalue weighted by Gasteiger charge is -2.31. The van der Waals surface area contributed by atoms with Crippen LogP contribution in [0, 0.1) is 17.3 Å². The van der Waals surface area contributed by atoms with Crippen LogP contribution in [-0.4, -0.2) is 5.78 Å². The number of carbonyl (C=O) groups is 1. The van der Waals surface area contributed by atoms with E-state index in [1.807, 2.05) is 0 Å². The van der Waals surface area contributed by atoms with Crippen molar-refractivity contribution in [2.75, 3.05) is 0 Å². The molecule has 1 heteroatoms. The molecule has 0 aromatic heterocycles. The summed E-state index contributed by atoms with van der Waals surface area (Å²) >= 11 is 0. The van der Waals surface area contributed by atoms with Gasteiger partial charge in [-0.1, -0.05) is 68.3 Å². The van der Waals surface area contributed by atoms with Crippen LogP contribution < -0.4 is 0 Å². The number of aryl methyl sites for hydroxylation is 1. The van der Waals surface area contributed by atoms with Crippen LogP contribution in [0.3, 0.4) is 0 Å². The molecule has 0 fully saturated rings. The fourth-order valence-electron chi connectivity index (χ4n) is 6.12. The van der Waals surface area contributed by atoms with Gasteiger partial charge < -0.3 is 0 Å². The SMILES string of the molecule is CC(C)(C)C1=CC=CC1C[C@H]1CCC2=C(C1=O)c1cccc3c1C2CCC3. The number of benzene rings is 1. The summed E-state index contributed by atoms with van der Waals surface area (Å²) in [7, 11) is 0. The fourth-order valence-corrected chi connectivity index (χ4v) is 6.12. The summed E-state index contributed by atoms with van der Waals surface area (Å²) in [5, 5.41) is 0. The van der Waals surface area contributed by atoms with E-state index in [1.165, 1.54) is 47.1 Å². The van der Waals surface area contributed by atoms with Crippen LogP contribution >= 0.6 is 0 Å². The van der Waals surface area contributed by atoms with E-state index in [4.69, 9.17) is 0 Å². The molecule has 1 aromatic rings. The van der Waals surface area contributed by atoms with Crippen molar-refractivity contribution in [2.24, 2.45) is 17.3 Å².